The number of ketones is 1. The number of carbonyl (C=O) groups is 2. The van der Waals surface area contributed by atoms with Crippen LogP contribution in [0.1, 0.15) is 129 Å². The topological polar surface area (TPSA) is 83.8 Å². The fourth-order valence-corrected chi connectivity index (χ4v) is 3.77. The maximum absolute atomic E-state index is 12.1. The number of aliphatic hydroxyl groups is 2. The summed E-state index contributed by atoms with van der Waals surface area (Å²) in [6, 6.07) is 0. The van der Waals surface area contributed by atoms with Crippen molar-refractivity contribution in [1.82, 2.24) is 0 Å². The number of aliphatic hydroxyl groups excluding tert-OH is 2. The summed E-state index contributed by atoms with van der Waals surface area (Å²) in [5, 5.41) is 19.6. The highest BCUT2D eigenvalue weighted by atomic mass is 16.6. The minimum absolute atomic E-state index is 0.249. The Balaban J connectivity index is 3.78. The van der Waals surface area contributed by atoms with Gasteiger partial charge in [0.05, 0.1) is 6.61 Å². The van der Waals surface area contributed by atoms with Crippen LogP contribution in [-0.2, 0) is 14.3 Å². The molecule has 0 aromatic heterocycles. The Bertz CT molecular complexity index is 541. The molecule has 0 aromatic carbocycles. The highest BCUT2D eigenvalue weighted by Crippen LogP contribution is 2.12. The number of ether oxygens (including phenoxy) is 1. The molecule has 0 radical (unpaired) electrons. The summed E-state index contributed by atoms with van der Waals surface area (Å²) in [5.41, 5.74) is 0. The van der Waals surface area contributed by atoms with Gasteiger partial charge < -0.3 is 14.9 Å². The van der Waals surface area contributed by atoms with Gasteiger partial charge in [0.25, 0.3) is 0 Å². The smallest absolute Gasteiger partial charge is 0.306 e. The van der Waals surface area contributed by atoms with Crippen LogP contribution < -0.4 is 0 Å². The molecular formula is C29H52O5. The zero-order valence-corrected chi connectivity index (χ0v) is 22.0. The van der Waals surface area contributed by atoms with Crippen LogP contribution in [0.25, 0.3) is 0 Å². The molecular weight excluding hydrogens is 428 g/mol. The SMILES string of the molecule is CCCCC/C=C\C/C=C\CCCCCCCC(=O)OC(CO)C(O)C(=O)CCCCCCC. The van der Waals surface area contributed by atoms with Crippen LogP contribution in [0.15, 0.2) is 24.3 Å². The van der Waals surface area contributed by atoms with Crippen molar-refractivity contribution >= 4 is 11.8 Å². The number of carbonyl (C=O) groups excluding carboxylic acids is 2. The number of rotatable bonds is 24. The molecule has 0 aliphatic rings. The van der Waals surface area contributed by atoms with Crippen molar-refractivity contribution in [2.75, 3.05) is 6.61 Å². The van der Waals surface area contributed by atoms with Crippen LogP contribution in [0.4, 0.5) is 0 Å². The predicted octanol–water partition coefficient (Wildman–Crippen LogP) is 6.99. The van der Waals surface area contributed by atoms with Crippen molar-refractivity contribution in [3.63, 3.8) is 0 Å². The lowest BCUT2D eigenvalue weighted by Crippen LogP contribution is -2.40. The third-order valence-electron chi connectivity index (χ3n) is 6.00. The second kappa shape index (κ2) is 24.7. The van der Waals surface area contributed by atoms with Crippen LogP contribution in [0.5, 0.6) is 0 Å². The van der Waals surface area contributed by atoms with E-state index in [1.165, 1.54) is 25.7 Å². The number of allylic oxidation sites excluding steroid dienone is 4. The third kappa shape index (κ3) is 20.0. The quantitative estimate of drug-likeness (QED) is 0.0883. The first-order chi connectivity index (χ1) is 16.6. The van der Waals surface area contributed by atoms with Crippen molar-refractivity contribution in [3.8, 4) is 0 Å². The molecule has 0 spiro atoms. The van der Waals surface area contributed by atoms with Gasteiger partial charge in [0.15, 0.2) is 18.0 Å². The lowest BCUT2D eigenvalue weighted by atomic mass is 10.0. The van der Waals surface area contributed by atoms with E-state index in [0.29, 0.717) is 6.42 Å². The van der Waals surface area contributed by atoms with E-state index in [4.69, 9.17) is 4.74 Å². The first-order valence-electron chi connectivity index (χ1n) is 13.9. The second-order valence-electron chi connectivity index (χ2n) is 9.27. The first kappa shape index (κ1) is 32.5. The highest BCUT2D eigenvalue weighted by Gasteiger charge is 2.28. The van der Waals surface area contributed by atoms with Crippen LogP contribution in [0.3, 0.4) is 0 Å². The Kier molecular flexibility index (Phi) is 23.6. The van der Waals surface area contributed by atoms with Crippen molar-refractivity contribution in [2.45, 2.75) is 142 Å². The maximum Gasteiger partial charge on any atom is 0.306 e. The average molecular weight is 481 g/mol. The molecule has 2 N–H and O–H groups in total. The summed E-state index contributed by atoms with van der Waals surface area (Å²) in [6.45, 7) is 3.81. The van der Waals surface area contributed by atoms with Gasteiger partial charge in [0, 0.05) is 12.8 Å². The Hall–Kier alpha value is -1.46. The molecule has 0 fully saturated rings. The molecule has 0 saturated heterocycles. The number of unbranched alkanes of at least 4 members (excludes halogenated alkanes) is 12. The summed E-state index contributed by atoms with van der Waals surface area (Å²) < 4.78 is 5.17. The molecule has 0 bridgehead atoms. The number of hydrogen-bond donors (Lipinski definition) is 2. The molecule has 0 rings (SSSR count). The highest BCUT2D eigenvalue weighted by molar-refractivity contribution is 5.83. The van der Waals surface area contributed by atoms with E-state index < -0.39 is 24.8 Å². The minimum Gasteiger partial charge on any atom is -0.457 e. The van der Waals surface area contributed by atoms with Gasteiger partial charge in [0.2, 0.25) is 0 Å². The van der Waals surface area contributed by atoms with Crippen molar-refractivity contribution < 1.29 is 24.5 Å². The molecule has 0 amide bonds. The fourth-order valence-electron chi connectivity index (χ4n) is 3.77. The van der Waals surface area contributed by atoms with Crippen molar-refractivity contribution in [2.24, 2.45) is 0 Å². The Morgan fingerprint density at radius 2 is 1.21 bits per heavy atom. The van der Waals surface area contributed by atoms with Gasteiger partial charge in [-0.2, -0.15) is 0 Å². The van der Waals surface area contributed by atoms with Crippen LogP contribution in [-0.4, -0.2) is 40.8 Å². The average Bonchev–Trinajstić information content (AvgIpc) is 2.84. The summed E-state index contributed by atoms with van der Waals surface area (Å²) in [6.07, 6.45) is 24.1. The Morgan fingerprint density at radius 3 is 1.82 bits per heavy atom. The Morgan fingerprint density at radius 1 is 0.706 bits per heavy atom. The molecule has 0 saturated carbocycles. The molecule has 0 heterocycles. The van der Waals surface area contributed by atoms with E-state index in [2.05, 4.69) is 38.2 Å². The largest absolute Gasteiger partial charge is 0.457 e. The summed E-state index contributed by atoms with van der Waals surface area (Å²) in [7, 11) is 0. The van der Waals surface area contributed by atoms with Crippen LogP contribution >= 0.6 is 0 Å². The molecule has 34 heavy (non-hydrogen) atoms. The second-order valence-corrected chi connectivity index (χ2v) is 9.27. The molecule has 5 heteroatoms. The van der Waals surface area contributed by atoms with Gasteiger partial charge in [-0.25, -0.2) is 0 Å². The number of hydrogen-bond acceptors (Lipinski definition) is 5. The van der Waals surface area contributed by atoms with Gasteiger partial charge in [-0.15, -0.1) is 0 Å². The predicted molar refractivity (Wildman–Crippen MR) is 141 cm³/mol. The van der Waals surface area contributed by atoms with E-state index in [1.54, 1.807) is 0 Å². The van der Waals surface area contributed by atoms with E-state index in [9.17, 15) is 19.8 Å². The molecule has 0 aliphatic heterocycles. The molecule has 198 valence electrons. The summed E-state index contributed by atoms with van der Waals surface area (Å²) >= 11 is 0. The van der Waals surface area contributed by atoms with E-state index >= 15 is 0 Å². The number of Topliss-reactive ketones (excluding diaryl/α,β-unsaturated/α-hetero) is 1. The molecule has 2 unspecified atom stereocenters. The lowest BCUT2D eigenvalue weighted by Gasteiger charge is -2.20. The monoisotopic (exact) mass is 480 g/mol. The summed E-state index contributed by atoms with van der Waals surface area (Å²) in [5.74, 6) is -0.820. The zero-order valence-electron chi connectivity index (χ0n) is 22.0. The molecule has 0 aromatic rings. The van der Waals surface area contributed by atoms with Gasteiger partial charge in [-0.05, 0) is 44.9 Å². The fraction of sp³-hybridized carbons (Fsp3) is 0.793. The maximum atomic E-state index is 12.1. The van der Waals surface area contributed by atoms with Crippen molar-refractivity contribution in [1.29, 1.82) is 0 Å². The van der Waals surface area contributed by atoms with Gasteiger partial charge in [-0.1, -0.05) is 95.9 Å². The van der Waals surface area contributed by atoms with E-state index in [0.717, 1.165) is 70.6 Å². The molecule has 0 aliphatic carbocycles. The van der Waals surface area contributed by atoms with Gasteiger partial charge >= 0.3 is 5.97 Å². The first-order valence-corrected chi connectivity index (χ1v) is 13.9. The van der Waals surface area contributed by atoms with Gasteiger partial charge in [-0.3, -0.25) is 9.59 Å². The van der Waals surface area contributed by atoms with E-state index in [-0.39, 0.29) is 18.6 Å². The van der Waals surface area contributed by atoms with Crippen LogP contribution in [0, 0.1) is 0 Å². The molecule has 2 atom stereocenters. The normalized spacial score (nSPS) is 13.5. The zero-order chi connectivity index (χ0) is 25.3. The minimum atomic E-state index is -1.44. The summed E-state index contributed by atoms with van der Waals surface area (Å²) in [4.78, 5) is 24.1. The van der Waals surface area contributed by atoms with Gasteiger partial charge in [0.1, 0.15) is 0 Å². The van der Waals surface area contributed by atoms with Crippen LogP contribution in [0.2, 0.25) is 0 Å². The standard InChI is InChI=1S/C29H52O5/c1-3-5-7-9-10-11-12-13-14-15-16-17-18-20-22-24-28(32)34-27(25-30)29(33)26(31)23-21-19-8-6-4-2/h10-11,13-14,27,29-30,33H,3-9,12,15-25H2,1-2H3/b11-10-,14-13-. The number of esters is 1. The lowest BCUT2D eigenvalue weighted by molar-refractivity contribution is -0.161. The molecule has 5 nitrogen and oxygen atoms in total. The van der Waals surface area contributed by atoms with E-state index in [1.807, 2.05) is 0 Å². The van der Waals surface area contributed by atoms with Crippen molar-refractivity contribution in [3.05, 3.63) is 24.3 Å². The third-order valence-corrected chi connectivity index (χ3v) is 6.00. The Labute approximate surface area is 209 Å².